The third-order valence-electron chi connectivity index (χ3n) is 5.49. The first kappa shape index (κ1) is 20.8. The number of piperazine rings is 1. The van der Waals surface area contributed by atoms with E-state index in [-0.39, 0.29) is 5.91 Å². The minimum absolute atomic E-state index is 0.209. The molecule has 0 N–H and O–H groups in total. The van der Waals surface area contributed by atoms with Crippen molar-refractivity contribution in [3.63, 3.8) is 0 Å². The van der Waals surface area contributed by atoms with Crippen LogP contribution in [0.25, 0.3) is 11.4 Å². The highest BCUT2D eigenvalue weighted by molar-refractivity contribution is 5.76. The van der Waals surface area contributed by atoms with Crippen molar-refractivity contribution < 1.29 is 9.53 Å². The zero-order chi connectivity index (χ0) is 21.5. The number of hydrogen-bond donors (Lipinski definition) is 0. The fraction of sp³-hybridized carbons (Fsp3) is 0.320. The van der Waals surface area contributed by atoms with E-state index in [1.54, 1.807) is 6.20 Å². The van der Waals surface area contributed by atoms with Gasteiger partial charge in [0, 0.05) is 44.4 Å². The summed E-state index contributed by atoms with van der Waals surface area (Å²) in [7, 11) is 0. The molecular formula is C25H28N4O2. The van der Waals surface area contributed by atoms with Gasteiger partial charge in [0.15, 0.2) is 5.82 Å². The smallest absolute Gasteiger partial charge is 0.223 e. The lowest BCUT2D eigenvalue weighted by Crippen LogP contribution is -2.49. The molecule has 6 heteroatoms. The van der Waals surface area contributed by atoms with E-state index < -0.39 is 0 Å². The Hall–Kier alpha value is -3.41. The van der Waals surface area contributed by atoms with Crippen LogP contribution in [0.2, 0.25) is 0 Å². The molecule has 0 bridgehead atoms. The van der Waals surface area contributed by atoms with Gasteiger partial charge < -0.3 is 14.5 Å². The minimum atomic E-state index is 0.209. The van der Waals surface area contributed by atoms with Crippen LogP contribution in [-0.4, -0.2) is 53.6 Å². The van der Waals surface area contributed by atoms with Gasteiger partial charge in [0.05, 0.1) is 6.61 Å². The number of amides is 1. The van der Waals surface area contributed by atoms with Crippen LogP contribution >= 0.6 is 0 Å². The molecule has 3 aromatic rings. The summed E-state index contributed by atoms with van der Waals surface area (Å²) in [6.07, 6.45) is 3.08. The molecule has 4 rings (SSSR count). The molecule has 2 heterocycles. The number of carbonyl (C=O) groups is 1. The fourth-order valence-electron chi connectivity index (χ4n) is 3.76. The molecule has 1 saturated heterocycles. The fourth-order valence-corrected chi connectivity index (χ4v) is 3.76. The van der Waals surface area contributed by atoms with E-state index in [2.05, 4.69) is 9.88 Å². The van der Waals surface area contributed by atoms with Gasteiger partial charge in [-0.1, -0.05) is 42.5 Å². The summed E-state index contributed by atoms with van der Waals surface area (Å²) in [5.74, 6) is 2.72. The van der Waals surface area contributed by atoms with Crippen molar-refractivity contribution >= 4 is 11.7 Å². The number of nitrogens with zero attached hydrogens (tertiary/aromatic N) is 4. The van der Waals surface area contributed by atoms with Crippen LogP contribution in [0.5, 0.6) is 5.75 Å². The average Bonchev–Trinajstić information content (AvgIpc) is 2.84. The molecule has 1 aliphatic rings. The minimum Gasteiger partial charge on any atom is -0.494 e. The van der Waals surface area contributed by atoms with Crippen LogP contribution in [0.1, 0.15) is 18.9 Å². The summed E-state index contributed by atoms with van der Waals surface area (Å²) < 4.78 is 5.47. The lowest BCUT2D eigenvalue weighted by molar-refractivity contribution is -0.131. The Balaban J connectivity index is 1.29. The second kappa shape index (κ2) is 10.1. The normalized spacial score (nSPS) is 13.8. The largest absolute Gasteiger partial charge is 0.494 e. The van der Waals surface area contributed by atoms with E-state index in [1.807, 2.05) is 72.5 Å². The molecule has 1 aromatic heterocycles. The summed E-state index contributed by atoms with van der Waals surface area (Å²) in [5, 5.41) is 0. The predicted molar refractivity (Wildman–Crippen MR) is 122 cm³/mol. The van der Waals surface area contributed by atoms with Crippen LogP contribution in [-0.2, 0) is 11.2 Å². The molecule has 31 heavy (non-hydrogen) atoms. The number of aryl methyl sites for hydroxylation is 1. The van der Waals surface area contributed by atoms with E-state index in [0.717, 1.165) is 48.0 Å². The average molecular weight is 417 g/mol. The monoisotopic (exact) mass is 416 g/mol. The Kier molecular flexibility index (Phi) is 6.77. The van der Waals surface area contributed by atoms with Crippen LogP contribution in [0.15, 0.2) is 66.9 Å². The Morgan fingerprint density at radius 3 is 2.42 bits per heavy atom. The molecule has 1 amide bonds. The van der Waals surface area contributed by atoms with Gasteiger partial charge in [-0.05, 0) is 37.1 Å². The zero-order valence-electron chi connectivity index (χ0n) is 17.9. The first-order valence-electron chi connectivity index (χ1n) is 10.9. The lowest BCUT2D eigenvalue weighted by atomic mass is 10.1. The number of aromatic nitrogens is 2. The number of rotatable bonds is 7. The second-order valence-corrected chi connectivity index (χ2v) is 7.55. The lowest BCUT2D eigenvalue weighted by Gasteiger charge is -2.35. The number of ether oxygens (including phenoxy) is 1. The van der Waals surface area contributed by atoms with Crippen molar-refractivity contribution in [1.82, 2.24) is 14.9 Å². The molecule has 0 spiro atoms. The van der Waals surface area contributed by atoms with Crippen LogP contribution in [0.4, 0.5) is 5.82 Å². The van der Waals surface area contributed by atoms with Crippen molar-refractivity contribution in [3.8, 4) is 17.1 Å². The highest BCUT2D eigenvalue weighted by Gasteiger charge is 2.22. The molecule has 1 fully saturated rings. The molecule has 160 valence electrons. The van der Waals surface area contributed by atoms with Gasteiger partial charge >= 0.3 is 0 Å². The maximum Gasteiger partial charge on any atom is 0.223 e. The molecule has 6 nitrogen and oxygen atoms in total. The van der Waals surface area contributed by atoms with Gasteiger partial charge in [-0.25, -0.2) is 9.97 Å². The van der Waals surface area contributed by atoms with Crippen LogP contribution in [0, 0.1) is 0 Å². The summed E-state index contributed by atoms with van der Waals surface area (Å²) >= 11 is 0. The number of benzene rings is 2. The van der Waals surface area contributed by atoms with Crippen molar-refractivity contribution in [2.45, 2.75) is 19.8 Å². The molecule has 0 aliphatic carbocycles. The van der Waals surface area contributed by atoms with Gasteiger partial charge in [0.25, 0.3) is 0 Å². The second-order valence-electron chi connectivity index (χ2n) is 7.55. The van der Waals surface area contributed by atoms with Crippen molar-refractivity contribution in [2.75, 3.05) is 37.7 Å². The van der Waals surface area contributed by atoms with Gasteiger partial charge in [-0.15, -0.1) is 0 Å². The van der Waals surface area contributed by atoms with E-state index in [1.165, 1.54) is 0 Å². The quantitative estimate of drug-likeness (QED) is 0.586. The number of hydrogen-bond acceptors (Lipinski definition) is 5. The summed E-state index contributed by atoms with van der Waals surface area (Å²) in [6.45, 7) is 5.62. The van der Waals surface area contributed by atoms with E-state index in [4.69, 9.17) is 9.72 Å². The summed E-state index contributed by atoms with van der Waals surface area (Å²) in [6, 6.07) is 19.9. The highest BCUT2D eigenvalue weighted by atomic mass is 16.5. The van der Waals surface area contributed by atoms with Crippen molar-refractivity contribution in [1.29, 1.82) is 0 Å². The maximum absolute atomic E-state index is 12.7. The van der Waals surface area contributed by atoms with Gasteiger partial charge in [0.1, 0.15) is 11.6 Å². The van der Waals surface area contributed by atoms with Crippen LogP contribution < -0.4 is 9.64 Å². The van der Waals surface area contributed by atoms with E-state index in [0.29, 0.717) is 26.1 Å². The third kappa shape index (κ3) is 5.40. The molecule has 0 unspecified atom stereocenters. The SMILES string of the molecule is CCOc1ccc(CCC(=O)N2CCN(c3ccnc(-c4ccccc4)n3)CC2)cc1. The number of carbonyl (C=O) groups excluding carboxylic acids is 1. The topological polar surface area (TPSA) is 58.6 Å². The third-order valence-corrected chi connectivity index (χ3v) is 5.49. The molecule has 2 aromatic carbocycles. The first-order valence-corrected chi connectivity index (χ1v) is 10.9. The van der Waals surface area contributed by atoms with E-state index >= 15 is 0 Å². The van der Waals surface area contributed by atoms with Gasteiger partial charge in [0.2, 0.25) is 5.91 Å². The first-order chi connectivity index (χ1) is 15.2. The Labute approximate surface area is 183 Å². The van der Waals surface area contributed by atoms with E-state index in [9.17, 15) is 4.79 Å². The summed E-state index contributed by atoms with van der Waals surface area (Å²) in [4.78, 5) is 26.0. The number of anilines is 1. The molecule has 0 saturated carbocycles. The molecule has 1 aliphatic heterocycles. The maximum atomic E-state index is 12.7. The van der Waals surface area contributed by atoms with Crippen molar-refractivity contribution in [3.05, 3.63) is 72.4 Å². The molecule has 0 atom stereocenters. The van der Waals surface area contributed by atoms with Gasteiger partial charge in [-0.3, -0.25) is 4.79 Å². The molecular weight excluding hydrogens is 388 g/mol. The highest BCUT2D eigenvalue weighted by Crippen LogP contribution is 2.20. The Morgan fingerprint density at radius 2 is 1.71 bits per heavy atom. The van der Waals surface area contributed by atoms with Crippen LogP contribution in [0.3, 0.4) is 0 Å². The predicted octanol–water partition coefficient (Wildman–Crippen LogP) is 3.82. The Morgan fingerprint density at radius 1 is 0.968 bits per heavy atom. The standard InChI is InChI=1S/C25H28N4O2/c1-2-31-22-11-8-20(9-12-22)10-13-24(30)29-18-16-28(17-19-29)23-14-15-26-25(27-23)21-6-4-3-5-7-21/h3-9,11-12,14-15H,2,10,13,16-19H2,1H3. The van der Waals surface area contributed by atoms with Crippen molar-refractivity contribution in [2.24, 2.45) is 0 Å². The van der Waals surface area contributed by atoms with Gasteiger partial charge in [-0.2, -0.15) is 0 Å². The molecule has 0 radical (unpaired) electrons. The summed E-state index contributed by atoms with van der Waals surface area (Å²) in [5.41, 5.74) is 2.16. The Bertz CT molecular complexity index is 984. The zero-order valence-corrected chi connectivity index (χ0v) is 17.9.